The molecular weight excluding hydrogens is 381 g/mol. The largest absolute Gasteiger partial charge is 0.452 e. The second kappa shape index (κ2) is 7.18. The maximum atomic E-state index is 13.1. The standard InChI is InChI=1S/C22H15Cl2NO2/c1-2-16-17-7-5-13(14-4-3-9-25-12-14)10-20(17)27-22(16)21(26)18-8-6-15(23)11-19(18)24/h3-12H,2H2,1H3. The minimum atomic E-state index is -0.243. The molecule has 0 radical (unpaired) electrons. The minimum Gasteiger partial charge on any atom is -0.452 e. The summed E-state index contributed by atoms with van der Waals surface area (Å²) in [6.45, 7) is 2.00. The third-order valence-electron chi connectivity index (χ3n) is 4.52. The van der Waals surface area contributed by atoms with Crippen LogP contribution in [0.2, 0.25) is 10.0 Å². The van der Waals surface area contributed by atoms with Crippen LogP contribution in [0, 0.1) is 0 Å². The van der Waals surface area contributed by atoms with Crippen molar-refractivity contribution in [1.82, 2.24) is 4.98 Å². The molecule has 2 aromatic heterocycles. The summed E-state index contributed by atoms with van der Waals surface area (Å²) in [5.41, 5.74) is 3.89. The highest BCUT2D eigenvalue weighted by Crippen LogP contribution is 2.33. The highest BCUT2D eigenvalue weighted by molar-refractivity contribution is 6.37. The molecule has 0 atom stereocenters. The van der Waals surface area contributed by atoms with E-state index in [1.165, 1.54) is 0 Å². The maximum Gasteiger partial charge on any atom is 0.230 e. The molecule has 2 aromatic carbocycles. The van der Waals surface area contributed by atoms with Gasteiger partial charge in [-0.15, -0.1) is 0 Å². The smallest absolute Gasteiger partial charge is 0.230 e. The Morgan fingerprint density at radius 2 is 1.93 bits per heavy atom. The summed E-state index contributed by atoms with van der Waals surface area (Å²) in [6.07, 6.45) is 4.20. The van der Waals surface area contributed by atoms with Gasteiger partial charge in [0.2, 0.25) is 5.78 Å². The quantitative estimate of drug-likeness (QED) is 0.365. The molecule has 0 bridgehead atoms. The maximum absolute atomic E-state index is 13.1. The third kappa shape index (κ3) is 3.25. The average molecular weight is 396 g/mol. The SMILES string of the molecule is CCc1c(C(=O)c2ccc(Cl)cc2Cl)oc2cc(-c3cccnc3)ccc12. The molecular formula is C22H15Cl2NO2. The molecule has 0 fully saturated rings. The lowest BCUT2D eigenvalue weighted by Gasteiger charge is -2.03. The van der Waals surface area contributed by atoms with E-state index < -0.39 is 0 Å². The Balaban J connectivity index is 1.84. The number of hydrogen-bond donors (Lipinski definition) is 0. The Morgan fingerprint density at radius 3 is 2.63 bits per heavy atom. The van der Waals surface area contributed by atoms with Crippen LogP contribution < -0.4 is 0 Å². The van der Waals surface area contributed by atoms with Crippen LogP contribution in [0.3, 0.4) is 0 Å². The van der Waals surface area contributed by atoms with Crippen LogP contribution in [0.1, 0.15) is 28.6 Å². The lowest BCUT2D eigenvalue weighted by atomic mass is 10.0. The van der Waals surface area contributed by atoms with Crippen molar-refractivity contribution in [3.8, 4) is 11.1 Å². The molecule has 0 aliphatic heterocycles. The van der Waals surface area contributed by atoms with E-state index in [0.717, 1.165) is 22.1 Å². The van der Waals surface area contributed by atoms with Gasteiger partial charge in [0.1, 0.15) is 5.58 Å². The van der Waals surface area contributed by atoms with Crippen LogP contribution in [-0.4, -0.2) is 10.8 Å². The van der Waals surface area contributed by atoms with Crippen molar-refractivity contribution in [2.24, 2.45) is 0 Å². The molecule has 27 heavy (non-hydrogen) atoms. The number of aromatic nitrogens is 1. The number of furan rings is 1. The first-order valence-electron chi connectivity index (χ1n) is 8.54. The van der Waals surface area contributed by atoms with Gasteiger partial charge in [0.05, 0.1) is 5.02 Å². The zero-order chi connectivity index (χ0) is 19.0. The summed E-state index contributed by atoms with van der Waals surface area (Å²) in [4.78, 5) is 17.2. The first-order valence-corrected chi connectivity index (χ1v) is 9.29. The molecule has 0 saturated heterocycles. The second-order valence-corrected chi connectivity index (χ2v) is 7.01. The number of pyridine rings is 1. The number of fused-ring (bicyclic) bond motifs is 1. The van der Waals surface area contributed by atoms with E-state index in [1.807, 2.05) is 37.3 Å². The van der Waals surface area contributed by atoms with E-state index in [0.29, 0.717) is 33.4 Å². The Bertz CT molecular complexity index is 1150. The first kappa shape index (κ1) is 17.8. The van der Waals surface area contributed by atoms with E-state index >= 15 is 0 Å². The Labute approximate surface area is 166 Å². The van der Waals surface area contributed by atoms with Crippen molar-refractivity contribution < 1.29 is 9.21 Å². The number of rotatable bonds is 4. The number of halogens is 2. The molecule has 0 N–H and O–H groups in total. The fraction of sp³-hybridized carbons (Fsp3) is 0.0909. The van der Waals surface area contributed by atoms with E-state index in [1.54, 1.807) is 30.6 Å². The lowest BCUT2D eigenvalue weighted by molar-refractivity contribution is 0.101. The summed E-state index contributed by atoms with van der Waals surface area (Å²) in [5.74, 6) is 0.0766. The average Bonchev–Trinajstić information content (AvgIpc) is 3.06. The third-order valence-corrected chi connectivity index (χ3v) is 5.07. The summed E-state index contributed by atoms with van der Waals surface area (Å²) in [7, 11) is 0. The van der Waals surface area contributed by atoms with Crippen LogP contribution in [0.25, 0.3) is 22.1 Å². The summed E-state index contributed by atoms with van der Waals surface area (Å²) in [6, 6.07) is 14.6. The molecule has 5 heteroatoms. The molecule has 3 nitrogen and oxygen atoms in total. The van der Waals surface area contributed by atoms with Crippen LogP contribution in [0.5, 0.6) is 0 Å². The number of benzene rings is 2. The van der Waals surface area contributed by atoms with Gasteiger partial charge in [-0.2, -0.15) is 0 Å². The lowest BCUT2D eigenvalue weighted by Crippen LogP contribution is -2.03. The molecule has 0 aliphatic carbocycles. The molecule has 4 aromatic rings. The van der Waals surface area contributed by atoms with Crippen molar-refractivity contribution >= 4 is 40.0 Å². The van der Waals surface area contributed by atoms with E-state index in [-0.39, 0.29) is 5.78 Å². The van der Waals surface area contributed by atoms with Gasteiger partial charge in [-0.05, 0) is 42.3 Å². The zero-order valence-corrected chi connectivity index (χ0v) is 16.0. The van der Waals surface area contributed by atoms with Crippen LogP contribution in [0.4, 0.5) is 0 Å². The number of ketones is 1. The van der Waals surface area contributed by atoms with Crippen molar-refractivity contribution in [2.45, 2.75) is 13.3 Å². The molecule has 134 valence electrons. The van der Waals surface area contributed by atoms with Crippen molar-refractivity contribution in [2.75, 3.05) is 0 Å². The monoisotopic (exact) mass is 395 g/mol. The minimum absolute atomic E-state index is 0.243. The van der Waals surface area contributed by atoms with Gasteiger partial charge in [0.25, 0.3) is 0 Å². The van der Waals surface area contributed by atoms with Gasteiger partial charge in [0.15, 0.2) is 5.76 Å². The van der Waals surface area contributed by atoms with Crippen LogP contribution in [-0.2, 0) is 6.42 Å². The van der Waals surface area contributed by atoms with Crippen molar-refractivity contribution in [3.05, 3.63) is 87.9 Å². The number of nitrogens with zero attached hydrogens (tertiary/aromatic N) is 1. The molecule has 0 amide bonds. The summed E-state index contributed by atoms with van der Waals surface area (Å²) < 4.78 is 5.99. The fourth-order valence-electron chi connectivity index (χ4n) is 3.19. The number of hydrogen-bond acceptors (Lipinski definition) is 3. The van der Waals surface area contributed by atoms with Gasteiger partial charge < -0.3 is 4.42 Å². The number of carbonyl (C=O) groups is 1. The van der Waals surface area contributed by atoms with E-state index in [4.69, 9.17) is 27.6 Å². The van der Waals surface area contributed by atoms with Gasteiger partial charge in [-0.3, -0.25) is 9.78 Å². The van der Waals surface area contributed by atoms with Gasteiger partial charge in [-0.1, -0.05) is 48.3 Å². The zero-order valence-electron chi connectivity index (χ0n) is 14.5. The predicted molar refractivity (Wildman–Crippen MR) is 109 cm³/mol. The highest BCUT2D eigenvalue weighted by Gasteiger charge is 2.23. The van der Waals surface area contributed by atoms with Gasteiger partial charge in [-0.25, -0.2) is 0 Å². The van der Waals surface area contributed by atoms with Crippen LogP contribution in [0.15, 0.2) is 65.3 Å². The topological polar surface area (TPSA) is 43.1 Å². The first-order chi connectivity index (χ1) is 13.1. The number of carbonyl (C=O) groups excluding carboxylic acids is 1. The van der Waals surface area contributed by atoms with Gasteiger partial charge in [0, 0.05) is 39.5 Å². The van der Waals surface area contributed by atoms with Crippen LogP contribution >= 0.6 is 23.2 Å². The Hall–Kier alpha value is -2.62. The summed E-state index contributed by atoms with van der Waals surface area (Å²) >= 11 is 12.2. The Kier molecular flexibility index (Phi) is 4.73. The Morgan fingerprint density at radius 1 is 1.07 bits per heavy atom. The molecule has 2 heterocycles. The molecule has 0 unspecified atom stereocenters. The summed E-state index contributed by atoms with van der Waals surface area (Å²) in [5, 5.41) is 1.72. The van der Waals surface area contributed by atoms with E-state index in [2.05, 4.69) is 4.98 Å². The molecule has 0 aliphatic rings. The van der Waals surface area contributed by atoms with Gasteiger partial charge >= 0.3 is 0 Å². The number of aryl methyl sites for hydroxylation is 1. The molecule has 0 saturated carbocycles. The molecule has 0 spiro atoms. The fourth-order valence-corrected chi connectivity index (χ4v) is 3.69. The van der Waals surface area contributed by atoms with E-state index in [9.17, 15) is 4.79 Å². The van der Waals surface area contributed by atoms with Crippen molar-refractivity contribution in [3.63, 3.8) is 0 Å². The predicted octanol–water partition coefficient (Wildman–Crippen LogP) is 6.60. The van der Waals surface area contributed by atoms with Crippen molar-refractivity contribution in [1.29, 1.82) is 0 Å². The highest BCUT2D eigenvalue weighted by atomic mass is 35.5. The second-order valence-electron chi connectivity index (χ2n) is 6.17. The molecule has 4 rings (SSSR count). The normalized spacial score (nSPS) is 11.1.